The Bertz CT molecular complexity index is 1470. The Hall–Kier alpha value is -3.79. The quantitative estimate of drug-likeness (QED) is 0.295. The van der Waals surface area contributed by atoms with Crippen molar-refractivity contribution in [3.05, 3.63) is 59.9 Å². The van der Waals surface area contributed by atoms with Crippen molar-refractivity contribution in [1.82, 2.24) is 14.1 Å². The molecule has 2 aromatic carbocycles. The van der Waals surface area contributed by atoms with Gasteiger partial charge in [-0.1, -0.05) is 6.58 Å². The summed E-state index contributed by atoms with van der Waals surface area (Å²) in [5.41, 5.74) is 7.98. The molecule has 0 unspecified atom stereocenters. The fourth-order valence-corrected chi connectivity index (χ4v) is 4.21. The Morgan fingerprint density at radius 2 is 1.97 bits per heavy atom. The number of ether oxygens (including phenoxy) is 2. The maximum absolute atomic E-state index is 14.7. The van der Waals surface area contributed by atoms with Gasteiger partial charge in [0.05, 0.1) is 37.5 Å². The van der Waals surface area contributed by atoms with E-state index in [1.54, 1.807) is 24.6 Å². The van der Waals surface area contributed by atoms with Gasteiger partial charge in [-0.05, 0) is 43.3 Å². The van der Waals surface area contributed by atoms with Crippen LogP contribution in [-0.2, 0) is 18.3 Å². The molecular formula is C25H25F3N4O3. The number of hydrogen-bond donors (Lipinski definition) is 1. The van der Waals surface area contributed by atoms with Crippen molar-refractivity contribution in [2.75, 3.05) is 14.2 Å². The molecule has 2 N–H and O–H groups in total. The van der Waals surface area contributed by atoms with E-state index < -0.39 is 30.3 Å². The molecule has 0 aliphatic rings. The lowest BCUT2D eigenvalue weighted by atomic mass is 10.1. The molecule has 0 aliphatic carbocycles. The van der Waals surface area contributed by atoms with Crippen LogP contribution in [0, 0.1) is 5.82 Å². The number of aryl methyl sites for hydroxylation is 1. The van der Waals surface area contributed by atoms with E-state index in [9.17, 15) is 18.0 Å². The second-order valence-corrected chi connectivity index (χ2v) is 8.33. The van der Waals surface area contributed by atoms with Gasteiger partial charge in [0.1, 0.15) is 17.1 Å². The number of alkyl halides is 2. The van der Waals surface area contributed by atoms with Gasteiger partial charge in [0.25, 0.3) is 5.92 Å². The van der Waals surface area contributed by atoms with E-state index in [4.69, 9.17) is 15.2 Å². The molecule has 0 aliphatic heterocycles. The molecule has 0 radical (unpaired) electrons. The highest BCUT2D eigenvalue weighted by atomic mass is 19.3. The molecule has 0 bridgehead atoms. The number of allylic oxidation sites excluding steroid dienone is 1. The van der Waals surface area contributed by atoms with Gasteiger partial charge < -0.3 is 24.3 Å². The predicted molar refractivity (Wildman–Crippen MR) is 127 cm³/mol. The van der Waals surface area contributed by atoms with Gasteiger partial charge in [0, 0.05) is 29.6 Å². The van der Waals surface area contributed by atoms with Crippen LogP contribution in [0.15, 0.2) is 43.0 Å². The van der Waals surface area contributed by atoms with Gasteiger partial charge in [-0.25, -0.2) is 22.9 Å². The summed E-state index contributed by atoms with van der Waals surface area (Å²) in [5, 5.41) is 0.413. The fourth-order valence-electron chi connectivity index (χ4n) is 4.21. The van der Waals surface area contributed by atoms with Crippen molar-refractivity contribution in [2.24, 2.45) is 12.8 Å². The highest BCUT2D eigenvalue weighted by Gasteiger charge is 2.29. The molecule has 0 amide bonds. The smallest absolute Gasteiger partial charge is 0.338 e. The minimum atomic E-state index is -3.25. The van der Waals surface area contributed by atoms with Crippen LogP contribution in [0.2, 0.25) is 0 Å². The first-order valence-electron chi connectivity index (χ1n) is 10.7. The number of halogens is 3. The van der Waals surface area contributed by atoms with Crippen molar-refractivity contribution in [3.63, 3.8) is 0 Å². The van der Waals surface area contributed by atoms with E-state index >= 15 is 0 Å². The van der Waals surface area contributed by atoms with Crippen molar-refractivity contribution >= 4 is 27.9 Å². The monoisotopic (exact) mass is 486 g/mol. The van der Waals surface area contributed by atoms with E-state index in [1.807, 2.05) is 0 Å². The molecule has 4 rings (SSSR count). The van der Waals surface area contributed by atoms with Crippen LogP contribution >= 0.6 is 0 Å². The molecule has 2 heterocycles. The number of carbonyl (C=O) groups excluding carboxylic acids is 1. The van der Waals surface area contributed by atoms with E-state index in [0.717, 1.165) is 0 Å². The van der Waals surface area contributed by atoms with E-state index in [1.165, 1.54) is 43.1 Å². The second kappa shape index (κ2) is 8.77. The maximum atomic E-state index is 14.7. The highest BCUT2D eigenvalue weighted by molar-refractivity contribution is 5.97. The highest BCUT2D eigenvalue weighted by Crippen LogP contribution is 2.36. The molecule has 0 spiro atoms. The number of aromatic nitrogens is 3. The van der Waals surface area contributed by atoms with Crippen molar-refractivity contribution in [3.8, 4) is 17.3 Å². The summed E-state index contributed by atoms with van der Waals surface area (Å²) in [5.74, 6) is -3.67. The molecule has 0 fully saturated rings. The number of nitrogens with zero attached hydrogens (tertiary/aromatic N) is 3. The molecule has 0 saturated heterocycles. The van der Waals surface area contributed by atoms with Gasteiger partial charge in [-0.15, -0.1) is 0 Å². The number of esters is 1. The predicted octanol–water partition coefficient (Wildman–Crippen LogP) is 4.97. The molecule has 10 heteroatoms. The SMILES string of the molecule is C=CC(F)(F)Cn1c(-c2nc3cc(C(=O)OC)cc(OC)c3n2C)cc2cc(F)c([C@@H](C)N)cc21. The minimum Gasteiger partial charge on any atom is -0.494 e. The van der Waals surface area contributed by atoms with E-state index in [0.29, 0.717) is 45.3 Å². The lowest BCUT2D eigenvalue weighted by Gasteiger charge is -2.17. The van der Waals surface area contributed by atoms with Crippen LogP contribution in [0.1, 0.15) is 28.9 Å². The average molecular weight is 486 g/mol. The Balaban J connectivity index is 2.04. The van der Waals surface area contributed by atoms with E-state index in [2.05, 4.69) is 11.6 Å². The molecule has 4 aromatic rings. The van der Waals surface area contributed by atoms with Crippen LogP contribution < -0.4 is 10.5 Å². The van der Waals surface area contributed by atoms with Crippen molar-refractivity contribution < 1.29 is 27.4 Å². The number of rotatable bonds is 7. The zero-order chi connectivity index (χ0) is 25.7. The molecule has 35 heavy (non-hydrogen) atoms. The summed E-state index contributed by atoms with van der Waals surface area (Å²) >= 11 is 0. The first kappa shape index (κ1) is 24.3. The summed E-state index contributed by atoms with van der Waals surface area (Å²) in [6.07, 6.45) is 0.569. The summed E-state index contributed by atoms with van der Waals surface area (Å²) < 4.78 is 57.1. The third-order valence-electron chi connectivity index (χ3n) is 5.98. The Labute approximate surface area is 199 Å². The number of nitrogens with two attached hydrogens (primary N) is 1. The van der Waals surface area contributed by atoms with Gasteiger partial charge in [0.2, 0.25) is 0 Å². The fraction of sp³-hybridized carbons (Fsp3) is 0.280. The topological polar surface area (TPSA) is 84.3 Å². The summed E-state index contributed by atoms with van der Waals surface area (Å²) in [6, 6.07) is 6.77. The first-order valence-corrected chi connectivity index (χ1v) is 10.7. The third-order valence-corrected chi connectivity index (χ3v) is 5.98. The Morgan fingerprint density at radius 3 is 2.57 bits per heavy atom. The van der Waals surface area contributed by atoms with Crippen molar-refractivity contribution in [2.45, 2.75) is 25.4 Å². The normalized spacial score (nSPS) is 12.8. The summed E-state index contributed by atoms with van der Waals surface area (Å²) in [4.78, 5) is 16.7. The van der Waals surface area contributed by atoms with Crippen LogP contribution in [0.5, 0.6) is 5.75 Å². The number of methoxy groups -OCH3 is 2. The van der Waals surface area contributed by atoms with Crippen LogP contribution in [0.3, 0.4) is 0 Å². The zero-order valence-electron chi connectivity index (χ0n) is 19.7. The average Bonchev–Trinajstić information content (AvgIpc) is 3.33. The van der Waals surface area contributed by atoms with Gasteiger partial charge >= 0.3 is 5.97 Å². The number of fused-ring (bicyclic) bond motifs is 2. The standard InChI is InChI=1S/C25H25F3N4O3/c1-6-25(27,28)12-32-19-11-16(13(2)29)17(26)7-14(19)9-20(32)23-30-18-8-15(24(33)35-5)10-21(34-4)22(18)31(23)3/h6-11,13H,1,12,29H2,2-5H3/t13-/m1/s1. The summed E-state index contributed by atoms with van der Waals surface area (Å²) in [6.45, 7) is 4.12. The lowest BCUT2D eigenvalue weighted by Crippen LogP contribution is -2.21. The largest absolute Gasteiger partial charge is 0.494 e. The molecule has 1 atom stereocenters. The minimum absolute atomic E-state index is 0.208. The Morgan fingerprint density at radius 1 is 1.26 bits per heavy atom. The summed E-state index contributed by atoms with van der Waals surface area (Å²) in [7, 11) is 4.41. The second-order valence-electron chi connectivity index (χ2n) is 8.33. The molecule has 7 nitrogen and oxygen atoms in total. The van der Waals surface area contributed by atoms with E-state index in [-0.39, 0.29) is 11.1 Å². The Kier molecular flexibility index (Phi) is 6.10. The van der Waals surface area contributed by atoms with Gasteiger partial charge in [-0.3, -0.25) is 0 Å². The number of benzene rings is 2. The van der Waals surface area contributed by atoms with Crippen molar-refractivity contribution in [1.29, 1.82) is 0 Å². The maximum Gasteiger partial charge on any atom is 0.338 e. The number of imidazole rings is 1. The first-order chi connectivity index (χ1) is 16.5. The molecule has 0 saturated carbocycles. The van der Waals surface area contributed by atoms with Crippen LogP contribution in [-0.4, -0.2) is 40.2 Å². The van der Waals surface area contributed by atoms with Crippen LogP contribution in [0.4, 0.5) is 13.2 Å². The third kappa shape index (κ3) is 4.14. The van der Waals surface area contributed by atoms with Crippen LogP contribution in [0.25, 0.3) is 33.5 Å². The number of carbonyl (C=O) groups is 1. The zero-order valence-corrected chi connectivity index (χ0v) is 19.7. The van der Waals surface area contributed by atoms with Gasteiger partial charge in [-0.2, -0.15) is 0 Å². The molecular weight excluding hydrogens is 461 g/mol. The molecule has 2 aromatic heterocycles. The molecule has 184 valence electrons. The van der Waals surface area contributed by atoms with Gasteiger partial charge in [0.15, 0.2) is 5.82 Å². The number of hydrogen-bond acceptors (Lipinski definition) is 5. The lowest BCUT2D eigenvalue weighted by molar-refractivity contribution is 0.0381.